The van der Waals surface area contributed by atoms with Gasteiger partial charge in [0.15, 0.2) is 0 Å². The molecule has 3 aromatic carbocycles. The van der Waals surface area contributed by atoms with Crippen LogP contribution >= 0.6 is 0 Å². The molecule has 2 N–H and O–H groups in total. The van der Waals surface area contributed by atoms with E-state index < -0.39 is 0 Å². The number of para-hydroxylation sites is 1. The maximum Gasteiger partial charge on any atom is 0.229 e. The summed E-state index contributed by atoms with van der Waals surface area (Å²) in [5.74, 6) is 2.68. The summed E-state index contributed by atoms with van der Waals surface area (Å²) in [5.41, 5.74) is 2.91. The van der Waals surface area contributed by atoms with Gasteiger partial charge in [-0.2, -0.15) is 4.98 Å². The molecule has 4 aromatic rings. The molecule has 0 amide bonds. The molecule has 1 aromatic heterocycles. The van der Waals surface area contributed by atoms with Crippen molar-refractivity contribution in [2.45, 2.75) is 6.42 Å². The summed E-state index contributed by atoms with van der Waals surface area (Å²) in [7, 11) is 3.25. The minimum Gasteiger partial charge on any atom is -0.497 e. The van der Waals surface area contributed by atoms with Gasteiger partial charge in [0, 0.05) is 18.0 Å². The monoisotopic (exact) mass is 400 g/mol. The summed E-state index contributed by atoms with van der Waals surface area (Å²) in [6, 6.07) is 23.9. The quantitative estimate of drug-likeness (QED) is 0.432. The number of nitrogens with zero attached hydrogens (tertiary/aromatic N) is 2. The predicted octanol–water partition coefficient (Wildman–Crippen LogP) is 5.05. The van der Waals surface area contributed by atoms with E-state index in [4.69, 9.17) is 14.5 Å². The molecular weight excluding hydrogens is 376 g/mol. The summed E-state index contributed by atoms with van der Waals surface area (Å²) in [5, 5.41) is 7.72. The number of nitrogens with one attached hydrogen (secondary N) is 2. The number of fused-ring (bicyclic) bond motifs is 1. The molecule has 1 heterocycles. The van der Waals surface area contributed by atoms with Crippen LogP contribution in [0.5, 0.6) is 11.5 Å². The molecule has 0 saturated heterocycles. The lowest BCUT2D eigenvalue weighted by molar-refractivity contribution is 0.395. The first-order valence-corrected chi connectivity index (χ1v) is 9.80. The van der Waals surface area contributed by atoms with Crippen LogP contribution in [-0.2, 0) is 6.42 Å². The van der Waals surface area contributed by atoms with Crippen LogP contribution < -0.4 is 20.1 Å². The first kappa shape index (κ1) is 19.5. The number of hydrogen-bond acceptors (Lipinski definition) is 6. The fourth-order valence-corrected chi connectivity index (χ4v) is 3.26. The van der Waals surface area contributed by atoms with E-state index in [1.807, 2.05) is 48.5 Å². The van der Waals surface area contributed by atoms with Crippen molar-refractivity contribution in [1.82, 2.24) is 9.97 Å². The van der Waals surface area contributed by atoms with Gasteiger partial charge in [-0.05, 0) is 36.2 Å². The largest absolute Gasteiger partial charge is 0.497 e. The van der Waals surface area contributed by atoms with Crippen molar-refractivity contribution in [3.05, 3.63) is 78.4 Å². The summed E-state index contributed by atoms with van der Waals surface area (Å²) in [6.07, 6.45) is 0.911. The lowest BCUT2D eigenvalue weighted by Gasteiger charge is -2.14. The lowest BCUT2D eigenvalue weighted by atomic mass is 10.1. The van der Waals surface area contributed by atoms with Gasteiger partial charge in [-0.25, -0.2) is 4.98 Å². The summed E-state index contributed by atoms with van der Waals surface area (Å²) < 4.78 is 10.7. The van der Waals surface area contributed by atoms with Crippen molar-refractivity contribution < 1.29 is 9.47 Å². The smallest absolute Gasteiger partial charge is 0.229 e. The maximum atomic E-state index is 5.48. The van der Waals surface area contributed by atoms with Crippen molar-refractivity contribution in [2.24, 2.45) is 0 Å². The van der Waals surface area contributed by atoms with Gasteiger partial charge in [0.2, 0.25) is 5.95 Å². The lowest BCUT2D eigenvalue weighted by Crippen LogP contribution is -2.09. The van der Waals surface area contributed by atoms with Crippen molar-refractivity contribution in [3.63, 3.8) is 0 Å². The fraction of sp³-hybridized carbons (Fsp3) is 0.167. The Labute approximate surface area is 175 Å². The van der Waals surface area contributed by atoms with Crippen LogP contribution in [0, 0.1) is 0 Å². The fourth-order valence-electron chi connectivity index (χ4n) is 3.26. The predicted molar refractivity (Wildman–Crippen MR) is 121 cm³/mol. The molecule has 4 rings (SSSR count). The molecule has 0 aliphatic rings. The molecule has 152 valence electrons. The normalized spacial score (nSPS) is 10.6. The molecule has 0 bridgehead atoms. The Morgan fingerprint density at radius 1 is 0.833 bits per heavy atom. The van der Waals surface area contributed by atoms with E-state index in [0.29, 0.717) is 11.7 Å². The second-order valence-electron chi connectivity index (χ2n) is 6.77. The zero-order chi connectivity index (χ0) is 20.8. The second-order valence-corrected chi connectivity index (χ2v) is 6.77. The zero-order valence-corrected chi connectivity index (χ0v) is 17.1. The van der Waals surface area contributed by atoms with Gasteiger partial charge < -0.3 is 20.1 Å². The number of ether oxygens (including phenoxy) is 2. The Morgan fingerprint density at radius 2 is 1.63 bits per heavy atom. The minimum absolute atomic E-state index is 0.499. The number of methoxy groups -OCH3 is 2. The van der Waals surface area contributed by atoms with Gasteiger partial charge in [-0.1, -0.05) is 42.5 Å². The van der Waals surface area contributed by atoms with E-state index in [-0.39, 0.29) is 0 Å². The van der Waals surface area contributed by atoms with Gasteiger partial charge in [0.1, 0.15) is 17.3 Å². The highest BCUT2D eigenvalue weighted by Crippen LogP contribution is 2.31. The van der Waals surface area contributed by atoms with Gasteiger partial charge in [0.25, 0.3) is 0 Å². The van der Waals surface area contributed by atoms with E-state index >= 15 is 0 Å². The van der Waals surface area contributed by atoms with E-state index in [1.54, 1.807) is 14.2 Å². The SMILES string of the molecule is COc1ccc(Nc2nc(NCCc3ccccc3)c3ccccc3n2)c(OC)c1. The average molecular weight is 400 g/mol. The molecule has 0 unspecified atom stereocenters. The van der Waals surface area contributed by atoms with Crippen LogP contribution in [0.3, 0.4) is 0 Å². The van der Waals surface area contributed by atoms with Crippen molar-refractivity contribution in [1.29, 1.82) is 0 Å². The molecule has 0 aliphatic heterocycles. The van der Waals surface area contributed by atoms with Crippen LogP contribution in [0.1, 0.15) is 5.56 Å². The molecule has 0 atom stereocenters. The van der Waals surface area contributed by atoms with Crippen LogP contribution in [0.2, 0.25) is 0 Å². The van der Waals surface area contributed by atoms with Crippen molar-refractivity contribution in [3.8, 4) is 11.5 Å². The van der Waals surface area contributed by atoms with E-state index in [1.165, 1.54) is 5.56 Å². The summed E-state index contributed by atoms with van der Waals surface area (Å²) in [6.45, 7) is 0.774. The molecular formula is C24H24N4O2. The third kappa shape index (κ3) is 4.43. The number of benzene rings is 3. The maximum absolute atomic E-state index is 5.48. The standard InChI is InChI=1S/C24H24N4O2/c1-29-18-12-13-21(22(16-18)30-2)27-24-26-20-11-7-6-10-19(20)23(28-24)25-15-14-17-8-4-3-5-9-17/h3-13,16H,14-15H2,1-2H3,(H2,25,26,27,28). The molecule has 0 aliphatic carbocycles. The average Bonchev–Trinajstić information content (AvgIpc) is 2.80. The Bertz CT molecular complexity index is 1130. The van der Waals surface area contributed by atoms with Crippen LogP contribution in [0.4, 0.5) is 17.5 Å². The number of aromatic nitrogens is 2. The first-order valence-electron chi connectivity index (χ1n) is 9.80. The van der Waals surface area contributed by atoms with Gasteiger partial charge in [0.05, 0.1) is 25.4 Å². The van der Waals surface area contributed by atoms with E-state index in [0.717, 1.165) is 41.1 Å². The molecule has 0 radical (unpaired) electrons. The third-order valence-corrected chi connectivity index (χ3v) is 4.81. The highest BCUT2D eigenvalue weighted by molar-refractivity contribution is 5.90. The van der Waals surface area contributed by atoms with Crippen LogP contribution in [0.25, 0.3) is 10.9 Å². The zero-order valence-electron chi connectivity index (χ0n) is 17.1. The highest BCUT2D eigenvalue weighted by Gasteiger charge is 2.11. The van der Waals surface area contributed by atoms with Crippen molar-refractivity contribution >= 4 is 28.4 Å². The molecule has 6 nitrogen and oxygen atoms in total. The third-order valence-electron chi connectivity index (χ3n) is 4.81. The second kappa shape index (κ2) is 9.13. The number of rotatable bonds is 8. The Morgan fingerprint density at radius 3 is 2.43 bits per heavy atom. The summed E-state index contributed by atoms with van der Waals surface area (Å²) >= 11 is 0. The van der Waals surface area contributed by atoms with Crippen LogP contribution in [-0.4, -0.2) is 30.7 Å². The molecule has 0 saturated carbocycles. The number of hydrogen-bond donors (Lipinski definition) is 2. The Balaban J connectivity index is 1.60. The van der Waals surface area contributed by atoms with Gasteiger partial charge in [-0.15, -0.1) is 0 Å². The Hall–Kier alpha value is -3.80. The molecule has 6 heteroatoms. The van der Waals surface area contributed by atoms with E-state index in [9.17, 15) is 0 Å². The van der Waals surface area contributed by atoms with Crippen molar-refractivity contribution in [2.75, 3.05) is 31.4 Å². The molecule has 0 fully saturated rings. The minimum atomic E-state index is 0.499. The first-order chi connectivity index (χ1) is 14.8. The van der Waals surface area contributed by atoms with E-state index in [2.05, 4.69) is 39.9 Å². The summed E-state index contributed by atoms with van der Waals surface area (Å²) in [4.78, 5) is 9.39. The highest BCUT2D eigenvalue weighted by atomic mass is 16.5. The topological polar surface area (TPSA) is 68.3 Å². The Kier molecular flexibility index (Phi) is 5.94. The number of anilines is 3. The van der Waals surface area contributed by atoms with Gasteiger partial charge in [-0.3, -0.25) is 0 Å². The molecule has 0 spiro atoms. The van der Waals surface area contributed by atoms with Gasteiger partial charge >= 0.3 is 0 Å². The molecule has 30 heavy (non-hydrogen) atoms. The van der Waals surface area contributed by atoms with Crippen LogP contribution in [0.15, 0.2) is 72.8 Å².